The second-order valence-electron chi connectivity index (χ2n) is 4.63. The molecule has 0 saturated carbocycles. The number of alkyl halides is 3. The number of fused-ring (bicyclic) bond motifs is 1. The van der Waals surface area contributed by atoms with E-state index in [-0.39, 0.29) is 12.1 Å². The Morgan fingerprint density at radius 1 is 1.36 bits per heavy atom. The Labute approximate surface area is 127 Å². The fourth-order valence-electron chi connectivity index (χ4n) is 2.00. The minimum atomic E-state index is -4.44. The van der Waals surface area contributed by atoms with Crippen molar-refractivity contribution in [1.82, 2.24) is 9.38 Å². The number of imidazole rings is 1. The maximum absolute atomic E-state index is 12.6. The fraction of sp³-hybridized carbons (Fsp3) is 0.143. The molecular formula is C14H10F3N3OS. The number of carbonyl (C=O) groups is 1. The summed E-state index contributed by atoms with van der Waals surface area (Å²) in [6.07, 6.45) is -0.890. The largest absolute Gasteiger partial charge is 0.416 e. The summed E-state index contributed by atoms with van der Waals surface area (Å²) in [6, 6.07) is 4.53. The number of hydrogen-bond acceptors (Lipinski definition) is 3. The van der Waals surface area contributed by atoms with Crippen molar-refractivity contribution >= 4 is 27.9 Å². The number of carbonyl (C=O) groups excluding carboxylic acids is 1. The number of hydrogen-bond donors (Lipinski definition) is 1. The van der Waals surface area contributed by atoms with Gasteiger partial charge < -0.3 is 5.32 Å². The first kappa shape index (κ1) is 14.6. The van der Waals surface area contributed by atoms with Crippen LogP contribution in [0.1, 0.15) is 11.3 Å². The molecule has 22 heavy (non-hydrogen) atoms. The lowest BCUT2D eigenvalue weighted by Crippen LogP contribution is -2.15. The summed E-state index contributed by atoms with van der Waals surface area (Å²) >= 11 is 1.44. The number of halogens is 3. The maximum Gasteiger partial charge on any atom is 0.416 e. The van der Waals surface area contributed by atoms with Crippen molar-refractivity contribution in [2.24, 2.45) is 0 Å². The van der Waals surface area contributed by atoms with E-state index in [4.69, 9.17) is 0 Å². The van der Waals surface area contributed by atoms with Gasteiger partial charge in [-0.25, -0.2) is 4.98 Å². The van der Waals surface area contributed by atoms with Crippen LogP contribution in [0, 0.1) is 0 Å². The van der Waals surface area contributed by atoms with Gasteiger partial charge in [-0.2, -0.15) is 13.2 Å². The van der Waals surface area contributed by atoms with Crippen LogP contribution in [0.2, 0.25) is 0 Å². The van der Waals surface area contributed by atoms with Crippen molar-refractivity contribution in [1.29, 1.82) is 0 Å². The average Bonchev–Trinajstić information content (AvgIpc) is 2.98. The van der Waals surface area contributed by atoms with Crippen molar-refractivity contribution in [3.8, 4) is 0 Å². The molecular weight excluding hydrogens is 315 g/mol. The molecule has 0 aliphatic heterocycles. The number of amides is 1. The predicted octanol–water partition coefficient (Wildman–Crippen LogP) is 3.60. The van der Waals surface area contributed by atoms with Crippen LogP contribution in [0.4, 0.5) is 18.9 Å². The minimum Gasteiger partial charge on any atom is -0.326 e. The lowest BCUT2D eigenvalue weighted by molar-refractivity contribution is -0.137. The van der Waals surface area contributed by atoms with E-state index in [0.29, 0.717) is 5.69 Å². The molecule has 0 spiro atoms. The molecule has 1 aromatic carbocycles. The Balaban J connectivity index is 1.70. The van der Waals surface area contributed by atoms with Crippen LogP contribution < -0.4 is 5.32 Å². The first-order valence-corrected chi connectivity index (χ1v) is 7.18. The minimum absolute atomic E-state index is 0.00461. The van der Waals surface area contributed by atoms with Crippen molar-refractivity contribution < 1.29 is 18.0 Å². The number of nitrogens with one attached hydrogen (secondary N) is 1. The SMILES string of the molecule is O=C(Cc1cn2ccsc2n1)Nc1cccc(C(F)(F)F)c1. The molecule has 3 aromatic rings. The van der Waals surface area contributed by atoms with E-state index in [0.717, 1.165) is 17.1 Å². The summed E-state index contributed by atoms with van der Waals surface area (Å²) in [5.74, 6) is -0.412. The van der Waals surface area contributed by atoms with Crippen molar-refractivity contribution in [3.05, 3.63) is 53.3 Å². The Bertz CT molecular complexity index is 793. The molecule has 0 aliphatic rings. The van der Waals surface area contributed by atoms with Gasteiger partial charge >= 0.3 is 6.18 Å². The zero-order valence-electron chi connectivity index (χ0n) is 11.1. The van der Waals surface area contributed by atoms with Gasteiger partial charge in [0.15, 0.2) is 4.96 Å². The highest BCUT2D eigenvalue weighted by molar-refractivity contribution is 7.15. The molecule has 114 valence electrons. The van der Waals surface area contributed by atoms with E-state index in [1.807, 2.05) is 11.6 Å². The summed E-state index contributed by atoms with van der Waals surface area (Å²) in [5, 5.41) is 4.32. The number of anilines is 1. The Hall–Kier alpha value is -2.35. The highest BCUT2D eigenvalue weighted by atomic mass is 32.1. The van der Waals surface area contributed by atoms with Gasteiger partial charge in [-0.3, -0.25) is 9.20 Å². The molecule has 0 radical (unpaired) electrons. The summed E-state index contributed by atoms with van der Waals surface area (Å²) in [6.45, 7) is 0. The third-order valence-corrected chi connectivity index (χ3v) is 3.73. The van der Waals surface area contributed by atoms with E-state index >= 15 is 0 Å². The van der Waals surface area contributed by atoms with E-state index in [2.05, 4.69) is 10.3 Å². The van der Waals surface area contributed by atoms with Gasteiger partial charge in [0.05, 0.1) is 17.7 Å². The molecule has 0 atom stereocenters. The predicted molar refractivity (Wildman–Crippen MR) is 76.8 cm³/mol. The standard InChI is InChI=1S/C14H10F3N3OS/c15-14(16,17)9-2-1-3-10(6-9)18-12(21)7-11-8-20-4-5-22-13(20)19-11/h1-6,8H,7H2,(H,18,21). The van der Waals surface area contributed by atoms with Gasteiger partial charge in [0.25, 0.3) is 0 Å². The highest BCUT2D eigenvalue weighted by Gasteiger charge is 2.30. The quantitative estimate of drug-likeness (QED) is 0.800. The van der Waals surface area contributed by atoms with Crippen LogP contribution in [-0.4, -0.2) is 15.3 Å². The molecule has 0 fully saturated rings. The second-order valence-corrected chi connectivity index (χ2v) is 5.50. The molecule has 2 heterocycles. The smallest absolute Gasteiger partial charge is 0.326 e. The first-order chi connectivity index (χ1) is 10.4. The fourth-order valence-corrected chi connectivity index (χ4v) is 2.72. The topological polar surface area (TPSA) is 46.4 Å². The van der Waals surface area contributed by atoms with E-state index in [1.165, 1.54) is 23.5 Å². The molecule has 0 saturated heterocycles. The lowest BCUT2D eigenvalue weighted by Gasteiger charge is -2.09. The zero-order chi connectivity index (χ0) is 15.7. The van der Waals surface area contributed by atoms with E-state index < -0.39 is 17.6 Å². The Morgan fingerprint density at radius 3 is 2.91 bits per heavy atom. The number of aromatic nitrogens is 2. The first-order valence-electron chi connectivity index (χ1n) is 6.30. The number of benzene rings is 1. The van der Waals surface area contributed by atoms with Gasteiger partial charge in [-0.15, -0.1) is 11.3 Å². The summed E-state index contributed by atoms with van der Waals surface area (Å²) in [7, 11) is 0. The summed E-state index contributed by atoms with van der Waals surface area (Å²) in [5.41, 5.74) is -0.120. The molecule has 4 nitrogen and oxygen atoms in total. The van der Waals surface area contributed by atoms with Gasteiger partial charge in [-0.1, -0.05) is 6.07 Å². The van der Waals surface area contributed by atoms with E-state index in [1.54, 1.807) is 10.6 Å². The van der Waals surface area contributed by atoms with Crippen molar-refractivity contribution in [2.75, 3.05) is 5.32 Å². The Kier molecular flexibility index (Phi) is 3.61. The van der Waals surface area contributed by atoms with Crippen LogP contribution in [-0.2, 0) is 17.4 Å². The summed E-state index contributed by atoms with van der Waals surface area (Å²) < 4.78 is 39.6. The summed E-state index contributed by atoms with van der Waals surface area (Å²) in [4.78, 5) is 16.9. The molecule has 1 N–H and O–H groups in total. The van der Waals surface area contributed by atoms with Crippen LogP contribution in [0.5, 0.6) is 0 Å². The second kappa shape index (κ2) is 5.45. The average molecular weight is 325 g/mol. The third-order valence-electron chi connectivity index (χ3n) is 2.96. The number of rotatable bonds is 3. The number of thiazole rings is 1. The molecule has 0 aliphatic carbocycles. The van der Waals surface area contributed by atoms with Crippen molar-refractivity contribution in [2.45, 2.75) is 12.6 Å². The van der Waals surface area contributed by atoms with Crippen molar-refractivity contribution in [3.63, 3.8) is 0 Å². The maximum atomic E-state index is 12.6. The zero-order valence-corrected chi connectivity index (χ0v) is 11.9. The van der Waals surface area contributed by atoms with Crippen LogP contribution >= 0.6 is 11.3 Å². The number of nitrogens with zero attached hydrogens (tertiary/aromatic N) is 2. The highest BCUT2D eigenvalue weighted by Crippen LogP contribution is 2.30. The van der Waals surface area contributed by atoms with Crippen LogP contribution in [0.15, 0.2) is 42.0 Å². The monoisotopic (exact) mass is 325 g/mol. The molecule has 1 amide bonds. The van der Waals surface area contributed by atoms with Gasteiger partial charge in [-0.05, 0) is 18.2 Å². The molecule has 0 unspecified atom stereocenters. The lowest BCUT2D eigenvalue weighted by atomic mass is 10.2. The molecule has 0 bridgehead atoms. The van der Waals surface area contributed by atoms with Crippen LogP contribution in [0.3, 0.4) is 0 Å². The molecule has 8 heteroatoms. The Morgan fingerprint density at radius 2 is 2.18 bits per heavy atom. The molecule has 2 aromatic heterocycles. The third kappa shape index (κ3) is 3.11. The normalized spacial score (nSPS) is 11.8. The molecule has 3 rings (SSSR count). The van der Waals surface area contributed by atoms with E-state index in [9.17, 15) is 18.0 Å². The van der Waals surface area contributed by atoms with Gasteiger partial charge in [0.1, 0.15) is 0 Å². The van der Waals surface area contributed by atoms with Crippen LogP contribution in [0.25, 0.3) is 4.96 Å². The van der Waals surface area contributed by atoms with Gasteiger partial charge in [0.2, 0.25) is 5.91 Å². The van der Waals surface area contributed by atoms with Gasteiger partial charge in [0, 0.05) is 23.5 Å².